The van der Waals surface area contributed by atoms with Crippen molar-refractivity contribution in [3.8, 4) is 0 Å². The number of carbonyl (C=O) groups is 1. The first-order chi connectivity index (χ1) is 8.66. The smallest absolute Gasteiger partial charge is 0.220 e. The summed E-state index contributed by atoms with van der Waals surface area (Å²) in [5.74, 6) is 0.516. The highest BCUT2D eigenvalue weighted by Gasteiger charge is 2.46. The Labute approximate surface area is 116 Å². The van der Waals surface area contributed by atoms with E-state index in [0.29, 0.717) is 18.9 Å². The Morgan fingerprint density at radius 2 is 1.95 bits per heavy atom. The van der Waals surface area contributed by atoms with E-state index >= 15 is 0 Å². The van der Waals surface area contributed by atoms with Crippen LogP contribution in [0.5, 0.6) is 0 Å². The molecule has 1 fully saturated rings. The third-order valence-corrected chi connectivity index (χ3v) is 4.60. The van der Waals surface area contributed by atoms with Crippen LogP contribution in [0.1, 0.15) is 39.5 Å². The molecule has 0 radical (unpaired) electrons. The number of hydrogen-bond donors (Lipinski definition) is 2. The van der Waals surface area contributed by atoms with Gasteiger partial charge in [-0.2, -0.15) is 0 Å². The van der Waals surface area contributed by atoms with Gasteiger partial charge in [0.25, 0.3) is 0 Å². The number of nitrogens with two attached hydrogens (primary N) is 1. The summed E-state index contributed by atoms with van der Waals surface area (Å²) in [5, 5.41) is 2.92. The first-order valence-corrected chi connectivity index (χ1v) is 8.89. The molecule has 1 unspecified atom stereocenters. The van der Waals surface area contributed by atoms with Gasteiger partial charge in [-0.05, 0) is 30.6 Å². The van der Waals surface area contributed by atoms with Crippen LogP contribution in [0.15, 0.2) is 0 Å². The lowest BCUT2D eigenvalue weighted by molar-refractivity contribution is -0.122. The molecule has 5 nitrogen and oxygen atoms in total. The van der Waals surface area contributed by atoms with Gasteiger partial charge in [-0.15, -0.1) is 0 Å². The number of nitrogens with one attached hydrogen (secondary N) is 1. The first kappa shape index (κ1) is 16.4. The van der Waals surface area contributed by atoms with Crippen molar-refractivity contribution in [3.63, 3.8) is 0 Å². The molecule has 0 heterocycles. The van der Waals surface area contributed by atoms with Crippen molar-refractivity contribution in [2.75, 3.05) is 18.6 Å². The monoisotopic (exact) mass is 290 g/mol. The quantitative estimate of drug-likeness (QED) is 0.688. The fourth-order valence-electron chi connectivity index (χ4n) is 2.51. The number of sulfone groups is 1. The number of rotatable bonds is 8. The van der Waals surface area contributed by atoms with Gasteiger partial charge < -0.3 is 11.1 Å². The molecule has 1 aliphatic rings. The van der Waals surface area contributed by atoms with Crippen molar-refractivity contribution in [2.45, 2.75) is 45.6 Å². The zero-order chi connectivity index (χ0) is 14.7. The molecule has 1 atom stereocenters. The minimum absolute atomic E-state index is 0.0125. The predicted octanol–water partition coefficient (Wildman–Crippen LogP) is 0.691. The highest BCUT2D eigenvalue weighted by molar-refractivity contribution is 7.90. The molecule has 19 heavy (non-hydrogen) atoms. The van der Waals surface area contributed by atoms with Crippen LogP contribution in [-0.2, 0) is 14.6 Å². The van der Waals surface area contributed by atoms with Crippen LogP contribution < -0.4 is 11.1 Å². The van der Waals surface area contributed by atoms with Gasteiger partial charge in [0.1, 0.15) is 9.84 Å². The average Bonchev–Trinajstić information content (AvgIpc) is 2.92. The fraction of sp³-hybridized carbons (Fsp3) is 0.923. The van der Waals surface area contributed by atoms with Gasteiger partial charge in [0.05, 0.1) is 5.75 Å². The molecule has 0 spiro atoms. The second-order valence-corrected chi connectivity index (χ2v) is 8.52. The van der Waals surface area contributed by atoms with E-state index in [1.54, 1.807) is 0 Å². The molecule has 112 valence electrons. The van der Waals surface area contributed by atoms with Crippen LogP contribution in [0.25, 0.3) is 0 Å². The van der Waals surface area contributed by atoms with E-state index in [-0.39, 0.29) is 23.1 Å². The SMILES string of the molecule is CC(C)CC(CN)NC(=O)CC1(CS(C)(=O)=O)CC1. The van der Waals surface area contributed by atoms with E-state index in [1.807, 2.05) is 0 Å². The summed E-state index contributed by atoms with van der Waals surface area (Å²) in [6, 6.07) is -0.0125. The molecule has 3 N–H and O–H groups in total. The van der Waals surface area contributed by atoms with Gasteiger partial charge >= 0.3 is 0 Å². The van der Waals surface area contributed by atoms with Crippen molar-refractivity contribution in [2.24, 2.45) is 17.1 Å². The molecular formula is C13H26N2O3S. The standard InChI is InChI=1S/C13H26N2O3S/c1-10(2)6-11(8-14)15-12(16)7-13(4-5-13)9-19(3,17)18/h10-11H,4-9,14H2,1-3H3,(H,15,16). The molecule has 0 saturated heterocycles. The molecule has 1 saturated carbocycles. The Morgan fingerprint density at radius 3 is 2.32 bits per heavy atom. The lowest BCUT2D eigenvalue weighted by Gasteiger charge is -2.20. The van der Waals surface area contributed by atoms with E-state index in [0.717, 1.165) is 19.3 Å². The van der Waals surface area contributed by atoms with E-state index in [4.69, 9.17) is 5.73 Å². The summed E-state index contributed by atoms with van der Waals surface area (Å²) in [5.41, 5.74) is 5.33. The molecule has 1 rings (SSSR count). The molecule has 0 aromatic carbocycles. The predicted molar refractivity (Wildman–Crippen MR) is 76.4 cm³/mol. The number of carbonyl (C=O) groups excluding carboxylic acids is 1. The van der Waals surface area contributed by atoms with Crippen molar-refractivity contribution in [3.05, 3.63) is 0 Å². The van der Waals surface area contributed by atoms with Crippen molar-refractivity contribution < 1.29 is 13.2 Å². The zero-order valence-corrected chi connectivity index (χ0v) is 12.9. The van der Waals surface area contributed by atoms with Gasteiger partial charge in [0.15, 0.2) is 0 Å². The first-order valence-electron chi connectivity index (χ1n) is 6.83. The normalized spacial score (nSPS) is 19.2. The summed E-state index contributed by atoms with van der Waals surface area (Å²) in [6.07, 6.45) is 4.03. The topological polar surface area (TPSA) is 89.3 Å². The Hall–Kier alpha value is -0.620. The Kier molecular flexibility index (Phi) is 5.38. The van der Waals surface area contributed by atoms with Crippen molar-refractivity contribution in [1.82, 2.24) is 5.32 Å². The minimum Gasteiger partial charge on any atom is -0.352 e. The summed E-state index contributed by atoms with van der Waals surface area (Å²) in [4.78, 5) is 12.0. The summed E-state index contributed by atoms with van der Waals surface area (Å²) >= 11 is 0. The molecule has 0 bridgehead atoms. The Morgan fingerprint density at radius 1 is 1.37 bits per heavy atom. The lowest BCUT2D eigenvalue weighted by atomic mass is 10.0. The van der Waals surface area contributed by atoms with Crippen LogP contribution in [0.2, 0.25) is 0 Å². The molecule has 1 amide bonds. The summed E-state index contributed by atoms with van der Waals surface area (Å²) in [6.45, 7) is 4.59. The van der Waals surface area contributed by atoms with E-state index < -0.39 is 9.84 Å². The maximum Gasteiger partial charge on any atom is 0.220 e. The number of amides is 1. The third kappa shape index (κ3) is 6.38. The lowest BCUT2D eigenvalue weighted by Crippen LogP contribution is -2.42. The molecular weight excluding hydrogens is 264 g/mol. The largest absolute Gasteiger partial charge is 0.352 e. The van der Waals surface area contributed by atoms with Gasteiger partial charge in [-0.1, -0.05) is 13.8 Å². The second kappa shape index (κ2) is 6.22. The minimum atomic E-state index is -3.02. The van der Waals surface area contributed by atoms with E-state index in [9.17, 15) is 13.2 Å². The van der Waals surface area contributed by atoms with Gasteiger partial charge in [0, 0.05) is 25.3 Å². The van der Waals surface area contributed by atoms with Gasteiger partial charge in [0.2, 0.25) is 5.91 Å². The average molecular weight is 290 g/mol. The highest BCUT2D eigenvalue weighted by Crippen LogP contribution is 2.49. The van der Waals surface area contributed by atoms with Crippen molar-refractivity contribution in [1.29, 1.82) is 0 Å². The molecule has 6 heteroatoms. The summed E-state index contributed by atoms with van der Waals surface area (Å²) in [7, 11) is -3.02. The molecule has 0 aromatic rings. The van der Waals surface area contributed by atoms with Crippen LogP contribution in [0.3, 0.4) is 0 Å². The van der Waals surface area contributed by atoms with Crippen LogP contribution >= 0.6 is 0 Å². The van der Waals surface area contributed by atoms with E-state index in [1.165, 1.54) is 6.26 Å². The van der Waals surface area contributed by atoms with E-state index in [2.05, 4.69) is 19.2 Å². The third-order valence-electron chi connectivity index (χ3n) is 3.47. The fourth-order valence-corrected chi connectivity index (χ4v) is 4.01. The molecule has 1 aliphatic carbocycles. The maximum atomic E-state index is 12.0. The molecule has 0 aromatic heterocycles. The Bertz CT molecular complexity index is 414. The van der Waals surface area contributed by atoms with Crippen LogP contribution in [0, 0.1) is 11.3 Å². The Balaban J connectivity index is 2.47. The maximum absolute atomic E-state index is 12.0. The van der Waals surface area contributed by atoms with Gasteiger partial charge in [-0.3, -0.25) is 4.79 Å². The second-order valence-electron chi connectivity index (χ2n) is 6.38. The highest BCUT2D eigenvalue weighted by atomic mass is 32.2. The zero-order valence-electron chi connectivity index (χ0n) is 12.1. The van der Waals surface area contributed by atoms with Gasteiger partial charge in [-0.25, -0.2) is 8.42 Å². The summed E-state index contributed by atoms with van der Waals surface area (Å²) < 4.78 is 22.7. The number of hydrogen-bond acceptors (Lipinski definition) is 4. The van der Waals surface area contributed by atoms with Crippen LogP contribution in [0.4, 0.5) is 0 Å². The molecule has 0 aliphatic heterocycles. The van der Waals surface area contributed by atoms with Crippen molar-refractivity contribution >= 4 is 15.7 Å². The van der Waals surface area contributed by atoms with Crippen LogP contribution in [-0.4, -0.2) is 38.9 Å².